The summed E-state index contributed by atoms with van der Waals surface area (Å²) in [6.07, 6.45) is 0. The quantitative estimate of drug-likeness (QED) is 0.339. The summed E-state index contributed by atoms with van der Waals surface area (Å²) in [4.78, 5) is 0. The van der Waals surface area contributed by atoms with Gasteiger partial charge in [0, 0.05) is 5.08 Å². The number of aliphatic hydroxyl groups excluding tert-OH is 1. The highest BCUT2D eigenvalue weighted by atomic mass is 32.2. The third-order valence-corrected chi connectivity index (χ3v) is 1.41. The molecule has 0 aliphatic rings. The maximum Gasteiger partial charge on any atom is 0.144 e. The molecule has 0 rings (SSSR count). The number of thiol groups is 1. The normalized spacial score (nSPS) is 9.43. The van der Waals surface area contributed by atoms with Crippen LogP contribution in [0.4, 0.5) is 0 Å². The molecule has 0 aliphatic carbocycles. The molecule has 1 N–H and O–H groups in total. The highest BCUT2D eigenvalue weighted by Gasteiger charge is 1.79. The Morgan fingerprint density at radius 3 is 2.86 bits per heavy atom. The Kier molecular flexibility index (Phi) is 7.21. The first-order chi connectivity index (χ1) is 3.41. The first-order valence-electron chi connectivity index (χ1n) is 1.79. The van der Waals surface area contributed by atoms with Crippen LogP contribution in [0, 0.1) is 0 Å². The largest absolute Gasteiger partial charge is 0.371 e. The van der Waals surface area contributed by atoms with Crippen LogP contribution in [0.15, 0.2) is 0 Å². The van der Waals surface area contributed by atoms with Gasteiger partial charge in [-0.2, -0.15) is 12.6 Å². The molecule has 0 unspecified atom stereocenters. The smallest absolute Gasteiger partial charge is 0.144 e. The molecule has 0 spiro atoms. The molecule has 0 aliphatic heterocycles. The Balaban J connectivity index is 2.45. The van der Waals surface area contributed by atoms with E-state index in [9.17, 15) is 0 Å². The van der Waals surface area contributed by atoms with E-state index in [-0.39, 0.29) is 6.79 Å². The van der Waals surface area contributed by atoms with Gasteiger partial charge >= 0.3 is 0 Å². The highest BCUT2D eigenvalue weighted by molar-refractivity contribution is 8.09. The number of ether oxygens (including phenoxy) is 1. The van der Waals surface area contributed by atoms with Gasteiger partial charge in [0.15, 0.2) is 0 Å². The van der Waals surface area contributed by atoms with E-state index >= 15 is 0 Å². The van der Waals surface area contributed by atoms with Gasteiger partial charge in [0.2, 0.25) is 0 Å². The van der Waals surface area contributed by atoms with E-state index in [1.165, 1.54) is 11.8 Å². The van der Waals surface area contributed by atoms with E-state index in [1.54, 1.807) is 0 Å². The van der Waals surface area contributed by atoms with Gasteiger partial charge < -0.3 is 9.84 Å². The van der Waals surface area contributed by atoms with Gasteiger partial charge in [0.1, 0.15) is 6.79 Å². The summed E-state index contributed by atoms with van der Waals surface area (Å²) in [5, 5.41) is 8.77. The molecule has 0 fully saturated rings. The van der Waals surface area contributed by atoms with Gasteiger partial charge in [0.25, 0.3) is 0 Å². The lowest BCUT2D eigenvalue weighted by molar-refractivity contribution is 0.0241. The molecule has 0 saturated heterocycles. The zero-order valence-corrected chi connectivity index (χ0v) is 5.54. The number of hydrogen-bond donors (Lipinski definition) is 2. The molecule has 4 heteroatoms. The second-order valence-electron chi connectivity index (χ2n) is 0.784. The summed E-state index contributed by atoms with van der Waals surface area (Å²) in [6.45, 7) is -0.194. The van der Waals surface area contributed by atoms with Crippen LogP contribution in [0.3, 0.4) is 0 Å². The van der Waals surface area contributed by atoms with Crippen LogP contribution in [0.25, 0.3) is 0 Å². The van der Waals surface area contributed by atoms with E-state index < -0.39 is 0 Å². The van der Waals surface area contributed by atoms with E-state index in [4.69, 9.17) is 5.11 Å². The molecule has 2 nitrogen and oxygen atoms in total. The van der Waals surface area contributed by atoms with Crippen molar-refractivity contribution in [2.24, 2.45) is 0 Å². The lowest BCUT2D eigenvalue weighted by Crippen LogP contribution is -1.89. The minimum Gasteiger partial charge on any atom is -0.371 e. The standard InChI is InChI=1S/C3H8O2S2/c4-1-5-2-7-3-6/h4,6H,1-3H2. The number of rotatable bonds is 4. The third kappa shape index (κ3) is 6.62. The first-order valence-corrected chi connectivity index (χ1v) is 3.57. The predicted molar refractivity (Wildman–Crippen MR) is 34.5 cm³/mol. The molecule has 0 saturated carbocycles. The summed E-state index contributed by atoms with van der Waals surface area (Å²) in [7, 11) is 0. The lowest BCUT2D eigenvalue weighted by Gasteiger charge is -1.93. The average molecular weight is 140 g/mol. The number of aliphatic hydroxyl groups is 1. The van der Waals surface area contributed by atoms with Crippen molar-refractivity contribution in [3.05, 3.63) is 0 Å². The van der Waals surface area contributed by atoms with Gasteiger partial charge in [-0.05, 0) is 0 Å². The zero-order valence-electron chi connectivity index (χ0n) is 3.83. The van der Waals surface area contributed by atoms with Gasteiger partial charge in [-0.3, -0.25) is 0 Å². The van der Waals surface area contributed by atoms with Crippen molar-refractivity contribution in [1.29, 1.82) is 0 Å². The second kappa shape index (κ2) is 6.62. The molecule has 0 amide bonds. The molecule has 0 atom stereocenters. The maximum absolute atomic E-state index is 8.03. The van der Waals surface area contributed by atoms with Gasteiger partial charge in [0.05, 0.1) is 5.94 Å². The van der Waals surface area contributed by atoms with Gasteiger partial charge in [-0.15, -0.1) is 11.8 Å². The van der Waals surface area contributed by atoms with Crippen LogP contribution >= 0.6 is 24.4 Å². The third-order valence-electron chi connectivity index (χ3n) is 0.349. The number of thioether (sulfide) groups is 1. The molecule has 0 aromatic rings. The molecule has 0 aromatic heterocycles. The van der Waals surface area contributed by atoms with Crippen molar-refractivity contribution < 1.29 is 9.84 Å². The Morgan fingerprint density at radius 1 is 1.71 bits per heavy atom. The topological polar surface area (TPSA) is 29.5 Å². The molecule has 44 valence electrons. The fraction of sp³-hybridized carbons (Fsp3) is 1.00. The molecule has 0 radical (unpaired) electrons. The molecular weight excluding hydrogens is 132 g/mol. The second-order valence-corrected chi connectivity index (χ2v) is 2.46. The van der Waals surface area contributed by atoms with Crippen LogP contribution in [-0.2, 0) is 4.74 Å². The van der Waals surface area contributed by atoms with Crippen LogP contribution in [0.5, 0.6) is 0 Å². The molecular formula is C3H8O2S2. The monoisotopic (exact) mass is 140 g/mol. The summed E-state index contributed by atoms with van der Waals surface area (Å²) < 4.78 is 4.54. The van der Waals surface area contributed by atoms with Crippen LogP contribution in [0.1, 0.15) is 0 Å². The SMILES string of the molecule is OCOCSCS. The summed E-state index contributed by atoms with van der Waals surface area (Å²) in [5.74, 6) is 0.528. The molecule has 0 heterocycles. The summed E-state index contributed by atoms with van der Waals surface area (Å²) >= 11 is 5.41. The average Bonchev–Trinajstić information content (AvgIpc) is 1.69. The highest BCUT2D eigenvalue weighted by Crippen LogP contribution is 2.00. The lowest BCUT2D eigenvalue weighted by atomic mass is 11.4. The predicted octanol–water partition coefficient (Wildman–Crippen LogP) is 0.531. The Labute approximate surface area is 52.7 Å². The van der Waals surface area contributed by atoms with Crippen molar-refractivity contribution in [2.45, 2.75) is 0 Å². The van der Waals surface area contributed by atoms with Crippen molar-refractivity contribution >= 4 is 24.4 Å². The van der Waals surface area contributed by atoms with Gasteiger partial charge in [-0.25, -0.2) is 0 Å². The fourth-order valence-corrected chi connectivity index (χ4v) is 0.624. The van der Waals surface area contributed by atoms with Crippen LogP contribution in [-0.4, -0.2) is 22.9 Å². The van der Waals surface area contributed by atoms with Crippen molar-refractivity contribution in [3.8, 4) is 0 Å². The Bertz CT molecular complexity index is 30.1. The fourth-order valence-electron chi connectivity index (χ4n) is 0.133. The van der Waals surface area contributed by atoms with Crippen LogP contribution < -0.4 is 0 Å². The first kappa shape index (κ1) is 7.62. The molecule has 0 aromatic carbocycles. The minimum atomic E-state index is -0.194. The maximum atomic E-state index is 8.03. The summed E-state index contributed by atoms with van der Waals surface area (Å²) in [5.41, 5.74) is 0. The zero-order chi connectivity index (χ0) is 5.54. The molecule has 0 bridgehead atoms. The Hall–Kier alpha value is 0.620. The van der Waals surface area contributed by atoms with Crippen molar-refractivity contribution in [2.75, 3.05) is 17.8 Å². The van der Waals surface area contributed by atoms with E-state index in [0.29, 0.717) is 5.94 Å². The van der Waals surface area contributed by atoms with E-state index in [1.807, 2.05) is 0 Å². The van der Waals surface area contributed by atoms with Crippen molar-refractivity contribution in [3.63, 3.8) is 0 Å². The van der Waals surface area contributed by atoms with Gasteiger partial charge in [-0.1, -0.05) is 0 Å². The van der Waals surface area contributed by atoms with Crippen molar-refractivity contribution in [1.82, 2.24) is 0 Å². The molecule has 7 heavy (non-hydrogen) atoms. The van der Waals surface area contributed by atoms with E-state index in [0.717, 1.165) is 5.08 Å². The van der Waals surface area contributed by atoms with Crippen LogP contribution in [0.2, 0.25) is 0 Å². The number of hydrogen-bond acceptors (Lipinski definition) is 4. The minimum absolute atomic E-state index is 0.194. The van der Waals surface area contributed by atoms with E-state index in [2.05, 4.69) is 17.4 Å². The summed E-state index contributed by atoms with van der Waals surface area (Å²) in [6, 6.07) is 0. The Morgan fingerprint density at radius 2 is 2.43 bits per heavy atom.